The van der Waals surface area contributed by atoms with Gasteiger partial charge in [-0.15, -0.1) is 0 Å². The summed E-state index contributed by atoms with van der Waals surface area (Å²) in [5.41, 5.74) is 3.75. The van der Waals surface area contributed by atoms with Crippen molar-refractivity contribution in [2.75, 3.05) is 13.1 Å². The molecule has 0 unspecified atom stereocenters. The molecule has 1 saturated heterocycles. The zero-order valence-corrected chi connectivity index (χ0v) is 17.4. The Kier molecular flexibility index (Phi) is 6.50. The molecule has 1 amide bonds. The molecule has 3 aromatic rings. The molecule has 4 rings (SSSR count). The van der Waals surface area contributed by atoms with Gasteiger partial charge in [0.05, 0.1) is 17.4 Å². The highest BCUT2D eigenvalue weighted by Crippen LogP contribution is 2.31. The molecule has 0 radical (unpaired) electrons. The van der Waals surface area contributed by atoms with Crippen molar-refractivity contribution in [3.63, 3.8) is 0 Å². The molecule has 1 aliphatic rings. The predicted molar refractivity (Wildman–Crippen MR) is 118 cm³/mol. The lowest BCUT2D eigenvalue weighted by Crippen LogP contribution is -2.41. The van der Waals surface area contributed by atoms with Crippen molar-refractivity contribution >= 4 is 5.91 Å². The fourth-order valence-electron chi connectivity index (χ4n) is 4.21. The number of aryl methyl sites for hydroxylation is 1. The quantitative estimate of drug-likeness (QED) is 0.675. The summed E-state index contributed by atoms with van der Waals surface area (Å²) in [5.74, 6) is 0.326. The van der Waals surface area contributed by atoms with Crippen molar-refractivity contribution < 1.29 is 4.79 Å². The fraction of sp³-hybridized carbons (Fsp3) is 0.320. The van der Waals surface area contributed by atoms with E-state index in [4.69, 9.17) is 0 Å². The molecule has 5 nitrogen and oxygen atoms in total. The van der Waals surface area contributed by atoms with E-state index in [0.717, 1.165) is 55.0 Å². The highest BCUT2D eigenvalue weighted by molar-refractivity contribution is 5.95. The summed E-state index contributed by atoms with van der Waals surface area (Å²) in [4.78, 5) is 24.5. The maximum atomic E-state index is 13.0. The number of nitrogens with zero attached hydrogens (tertiary/aromatic N) is 3. The third-order valence-electron chi connectivity index (χ3n) is 5.90. The Morgan fingerprint density at radius 1 is 1.00 bits per heavy atom. The van der Waals surface area contributed by atoms with Crippen molar-refractivity contribution in [3.8, 4) is 0 Å². The first-order chi connectivity index (χ1) is 14.7. The van der Waals surface area contributed by atoms with Gasteiger partial charge < -0.3 is 5.32 Å². The van der Waals surface area contributed by atoms with Crippen LogP contribution in [0.25, 0.3) is 0 Å². The molecule has 1 aromatic carbocycles. The second-order valence-corrected chi connectivity index (χ2v) is 7.96. The van der Waals surface area contributed by atoms with Crippen LogP contribution in [0.3, 0.4) is 0 Å². The van der Waals surface area contributed by atoms with Crippen molar-refractivity contribution in [2.45, 2.75) is 32.4 Å². The lowest BCUT2D eigenvalue weighted by atomic mass is 9.87. The summed E-state index contributed by atoms with van der Waals surface area (Å²) in [6.07, 6.45) is 5.68. The normalized spacial score (nSPS) is 16.2. The molecular weight excluding hydrogens is 372 g/mol. The molecule has 30 heavy (non-hydrogen) atoms. The highest BCUT2D eigenvalue weighted by Gasteiger charge is 2.30. The average molecular weight is 401 g/mol. The van der Waals surface area contributed by atoms with E-state index in [2.05, 4.69) is 26.3 Å². The smallest absolute Gasteiger partial charge is 0.252 e. The second kappa shape index (κ2) is 9.63. The third kappa shape index (κ3) is 4.92. The summed E-state index contributed by atoms with van der Waals surface area (Å²) in [5, 5.41) is 3.29. The highest BCUT2D eigenvalue weighted by atomic mass is 16.1. The van der Waals surface area contributed by atoms with Gasteiger partial charge in [0.25, 0.3) is 5.91 Å². The van der Waals surface area contributed by atoms with Crippen molar-refractivity contribution in [1.82, 2.24) is 20.2 Å². The molecule has 5 heteroatoms. The van der Waals surface area contributed by atoms with Gasteiger partial charge in [-0.3, -0.25) is 19.7 Å². The second-order valence-electron chi connectivity index (χ2n) is 7.96. The maximum Gasteiger partial charge on any atom is 0.252 e. The molecule has 0 aliphatic carbocycles. The number of benzene rings is 1. The Bertz CT molecular complexity index is 953. The summed E-state index contributed by atoms with van der Waals surface area (Å²) < 4.78 is 0. The minimum atomic E-state index is -0.0877. The molecule has 0 spiro atoms. The topological polar surface area (TPSA) is 58.1 Å². The number of rotatable bonds is 6. The van der Waals surface area contributed by atoms with Gasteiger partial charge >= 0.3 is 0 Å². The number of likely N-dealkylation sites (tertiary alicyclic amines) is 1. The van der Waals surface area contributed by atoms with Crippen LogP contribution in [0.1, 0.15) is 46.2 Å². The lowest BCUT2D eigenvalue weighted by molar-refractivity contribution is 0.0887. The Hall–Kier alpha value is -3.05. The molecule has 2 aromatic heterocycles. The van der Waals surface area contributed by atoms with Gasteiger partial charge in [-0.05, 0) is 74.7 Å². The molecule has 154 valence electrons. The van der Waals surface area contributed by atoms with Crippen LogP contribution in [-0.2, 0) is 6.54 Å². The van der Waals surface area contributed by atoms with E-state index in [0.29, 0.717) is 5.92 Å². The summed E-state index contributed by atoms with van der Waals surface area (Å²) in [6.45, 7) is 4.83. The van der Waals surface area contributed by atoms with Crippen molar-refractivity contribution in [3.05, 3.63) is 95.6 Å². The monoisotopic (exact) mass is 400 g/mol. The standard InChI is InChI=1S/C25H28N4O/c1-19-8-2-3-10-22(19)25(30)28-24(23-11-5-7-15-27-23)20-12-16-29(17-13-20)18-21-9-4-6-14-26-21/h2-11,14-15,20,24H,12-13,16-18H2,1H3,(H,28,30)/t24-/m0/s1. The Morgan fingerprint density at radius 2 is 1.70 bits per heavy atom. The number of aromatic nitrogens is 2. The van der Waals surface area contributed by atoms with Crippen LogP contribution < -0.4 is 5.32 Å². The number of nitrogens with one attached hydrogen (secondary N) is 1. The average Bonchev–Trinajstić information content (AvgIpc) is 2.79. The van der Waals surface area contributed by atoms with E-state index in [1.807, 2.05) is 67.7 Å². The number of piperidine rings is 1. The first kappa shape index (κ1) is 20.2. The number of hydrogen-bond acceptors (Lipinski definition) is 4. The van der Waals surface area contributed by atoms with Crippen molar-refractivity contribution in [2.24, 2.45) is 5.92 Å². The van der Waals surface area contributed by atoms with Gasteiger partial charge in [0, 0.05) is 24.5 Å². The molecule has 3 heterocycles. The number of amides is 1. The van der Waals surface area contributed by atoms with E-state index in [-0.39, 0.29) is 11.9 Å². The number of carbonyl (C=O) groups is 1. The van der Waals surface area contributed by atoms with Gasteiger partial charge in [0.15, 0.2) is 0 Å². The van der Waals surface area contributed by atoms with Crippen LogP contribution >= 0.6 is 0 Å². The Morgan fingerprint density at radius 3 is 2.37 bits per heavy atom. The molecule has 0 bridgehead atoms. The Labute approximate surface area is 178 Å². The van der Waals surface area contributed by atoms with Crippen molar-refractivity contribution in [1.29, 1.82) is 0 Å². The Balaban J connectivity index is 1.46. The zero-order chi connectivity index (χ0) is 20.8. The van der Waals surface area contributed by atoms with Crippen LogP contribution in [0.2, 0.25) is 0 Å². The third-order valence-corrected chi connectivity index (χ3v) is 5.90. The van der Waals surface area contributed by atoms with Crippen LogP contribution in [0.15, 0.2) is 73.1 Å². The fourth-order valence-corrected chi connectivity index (χ4v) is 4.21. The van der Waals surface area contributed by atoms with E-state index in [1.165, 1.54) is 0 Å². The zero-order valence-electron chi connectivity index (χ0n) is 17.4. The summed E-state index contributed by atoms with van der Waals surface area (Å²) >= 11 is 0. The van der Waals surface area contributed by atoms with E-state index in [1.54, 1.807) is 6.20 Å². The van der Waals surface area contributed by atoms with Crippen LogP contribution in [0.4, 0.5) is 0 Å². The number of hydrogen-bond donors (Lipinski definition) is 1. The largest absolute Gasteiger partial charge is 0.343 e. The SMILES string of the molecule is Cc1ccccc1C(=O)N[C@H](c1ccccn1)C1CCN(Cc2ccccn2)CC1. The minimum Gasteiger partial charge on any atom is -0.343 e. The summed E-state index contributed by atoms with van der Waals surface area (Å²) in [7, 11) is 0. The van der Waals surface area contributed by atoms with Crippen LogP contribution in [0.5, 0.6) is 0 Å². The molecular formula is C25H28N4O. The van der Waals surface area contributed by atoms with E-state index >= 15 is 0 Å². The summed E-state index contributed by atoms with van der Waals surface area (Å²) in [6, 6.07) is 19.6. The van der Waals surface area contributed by atoms with E-state index in [9.17, 15) is 4.79 Å². The molecule has 1 atom stereocenters. The van der Waals surface area contributed by atoms with Crippen LogP contribution in [-0.4, -0.2) is 33.9 Å². The minimum absolute atomic E-state index is 0.0281. The number of pyridine rings is 2. The number of carbonyl (C=O) groups excluding carboxylic acids is 1. The van der Waals surface area contributed by atoms with Gasteiger partial charge in [-0.1, -0.05) is 30.3 Å². The molecule has 0 saturated carbocycles. The van der Waals surface area contributed by atoms with Gasteiger partial charge in [0.2, 0.25) is 0 Å². The lowest BCUT2D eigenvalue weighted by Gasteiger charge is -2.36. The first-order valence-electron chi connectivity index (χ1n) is 10.6. The van der Waals surface area contributed by atoms with Gasteiger partial charge in [-0.2, -0.15) is 0 Å². The molecule has 1 fully saturated rings. The van der Waals surface area contributed by atoms with Gasteiger partial charge in [0.1, 0.15) is 0 Å². The predicted octanol–water partition coefficient (Wildman–Crippen LogP) is 4.17. The van der Waals surface area contributed by atoms with E-state index < -0.39 is 0 Å². The first-order valence-corrected chi connectivity index (χ1v) is 10.6. The van der Waals surface area contributed by atoms with Crippen LogP contribution in [0, 0.1) is 12.8 Å². The van der Waals surface area contributed by atoms with Gasteiger partial charge in [-0.25, -0.2) is 0 Å². The molecule has 1 N–H and O–H groups in total. The molecule has 1 aliphatic heterocycles. The maximum absolute atomic E-state index is 13.0.